The Labute approximate surface area is 120 Å². The molecule has 4 nitrogen and oxygen atoms in total. The van der Waals surface area contributed by atoms with Gasteiger partial charge in [-0.15, -0.1) is 11.3 Å². The SMILES string of the molecule is CCCNCc1ccc(S(=O)(=O)NC(C)C(C)C)s1. The minimum Gasteiger partial charge on any atom is -0.312 e. The molecule has 0 aromatic carbocycles. The van der Waals surface area contributed by atoms with E-state index >= 15 is 0 Å². The zero-order valence-electron chi connectivity index (χ0n) is 12.1. The summed E-state index contributed by atoms with van der Waals surface area (Å²) in [5, 5.41) is 3.27. The van der Waals surface area contributed by atoms with E-state index in [9.17, 15) is 8.42 Å². The monoisotopic (exact) mass is 304 g/mol. The first kappa shape index (κ1) is 16.6. The van der Waals surface area contributed by atoms with Gasteiger partial charge in [0.25, 0.3) is 0 Å². The third kappa shape index (κ3) is 5.22. The molecule has 0 bridgehead atoms. The molecule has 19 heavy (non-hydrogen) atoms. The molecule has 1 rings (SSSR count). The average molecular weight is 304 g/mol. The van der Waals surface area contributed by atoms with Crippen molar-refractivity contribution in [2.24, 2.45) is 5.92 Å². The second-order valence-corrected chi connectivity index (χ2v) is 8.16. The second-order valence-electron chi connectivity index (χ2n) is 5.05. The van der Waals surface area contributed by atoms with Gasteiger partial charge < -0.3 is 5.32 Å². The van der Waals surface area contributed by atoms with E-state index in [-0.39, 0.29) is 12.0 Å². The summed E-state index contributed by atoms with van der Waals surface area (Å²) in [5.41, 5.74) is 0. The number of hydrogen-bond donors (Lipinski definition) is 2. The van der Waals surface area contributed by atoms with E-state index in [2.05, 4.69) is 17.0 Å². The maximum absolute atomic E-state index is 12.2. The van der Waals surface area contributed by atoms with Gasteiger partial charge >= 0.3 is 0 Å². The summed E-state index contributed by atoms with van der Waals surface area (Å²) in [6.07, 6.45) is 1.07. The Morgan fingerprint density at radius 2 is 1.95 bits per heavy atom. The summed E-state index contributed by atoms with van der Waals surface area (Å²) in [7, 11) is -3.37. The zero-order chi connectivity index (χ0) is 14.5. The fourth-order valence-electron chi connectivity index (χ4n) is 1.42. The molecule has 0 spiro atoms. The van der Waals surface area contributed by atoms with Gasteiger partial charge in [-0.05, 0) is 37.9 Å². The van der Waals surface area contributed by atoms with Crippen LogP contribution in [0, 0.1) is 5.92 Å². The molecule has 0 saturated carbocycles. The summed E-state index contributed by atoms with van der Waals surface area (Å²) >= 11 is 1.33. The quantitative estimate of drug-likeness (QED) is 0.726. The molecule has 1 aromatic heterocycles. The van der Waals surface area contributed by atoms with Gasteiger partial charge in [0.1, 0.15) is 4.21 Å². The molecule has 6 heteroatoms. The standard InChI is InChI=1S/C13H24N2O2S2/c1-5-8-14-9-12-6-7-13(18-12)19(16,17)15-11(4)10(2)3/h6-7,10-11,14-15H,5,8-9H2,1-4H3. The van der Waals surface area contributed by atoms with Crippen LogP contribution < -0.4 is 10.0 Å². The Morgan fingerprint density at radius 3 is 2.53 bits per heavy atom. The third-order valence-electron chi connectivity index (χ3n) is 2.97. The van der Waals surface area contributed by atoms with Crippen molar-refractivity contribution in [2.45, 2.75) is 50.9 Å². The highest BCUT2D eigenvalue weighted by Crippen LogP contribution is 2.22. The van der Waals surface area contributed by atoms with Crippen LogP contribution >= 0.6 is 11.3 Å². The van der Waals surface area contributed by atoms with Crippen molar-refractivity contribution in [3.8, 4) is 0 Å². The van der Waals surface area contributed by atoms with E-state index in [0.717, 1.165) is 24.4 Å². The molecular formula is C13H24N2O2S2. The molecule has 0 radical (unpaired) electrons. The van der Waals surface area contributed by atoms with Crippen LogP contribution in [0.4, 0.5) is 0 Å². The van der Waals surface area contributed by atoms with E-state index in [1.165, 1.54) is 11.3 Å². The lowest BCUT2D eigenvalue weighted by Gasteiger charge is -2.16. The van der Waals surface area contributed by atoms with E-state index in [0.29, 0.717) is 4.21 Å². The molecule has 0 aliphatic heterocycles. The first-order chi connectivity index (χ1) is 8.86. The fraction of sp³-hybridized carbons (Fsp3) is 0.692. The minimum absolute atomic E-state index is 0.0613. The third-order valence-corrected chi connectivity index (χ3v) is 6.10. The van der Waals surface area contributed by atoms with Crippen molar-refractivity contribution in [1.29, 1.82) is 0 Å². The van der Waals surface area contributed by atoms with Crippen LogP contribution in [0.15, 0.2) is 16.3 Å². The van der Waals surface area contributed by atoms with Crippen LogP contribution in [-0.2, 0) is 16.6 Å². The molecule has 1 aromatic rings. The van der Waals surface area contributed by atoms with Crippen molar-refractivity contribution < 1.29 is 8.42 Å². The molecule has 0 amide bonds. The molecule has 1 heterocycles. The lowest BCUT2D eigenvalue weighted by molar-refractivity contribution is 0.477. The molecule has 0 saturated heterocycles. The van der Waals surface area contributed by atoms with Gasteiger partial charge in [0.05, 0.1) is 0 Å². The topological polar surface area (TPSA) is 58.2 Å². The Balaban J connectivity index is 2.69. The van der Waals surface area contributed by atoms with Gasteiger partial charge in [-0.1, -0.05) is 20.8 Å². The highest BCUT2D eigenvalue weighted by atomic mass is 32.2. The largest absolute Gasteiger partial charge is 0.312 e. The fourth-order valence-corrected chi connectivity index (χ4v) is 4.16. The van der Waals surface area contributed by atoms with Crippen LogP contribution in [0.2, 0.25) is 0 Å². The molecule has 0 aliphatic rings. The van der Waals surface area contributed by atoms with E-state index in [1.54, 1.807) is 6.07 Å². The van der Waals surface area contributed by atoms with Gasteiger partial charge in [0.15, 0.2) is 0 Å². The lowest BCUT2D eigenvalue weighted by atomic mass is 10.1. The Kier molecular flexibility index (Phi) is 6.46. The van der Waals surface area contributed by atoms with Crippen LogP contribution in [0.1, 0.15) is 39.0 Å². The Morgan fingerprint density at radius 1 is 1.26 bits per heavy atom. The predicted octanol–water partition coefficient (Wildman–Crippen LogP) is 2.57. The Hall–Kier alpha value is -0.430. The zero-order valence-corrected chi connectivity index (χ0v) is 13.7. The summed E-state index contributed by atoms with van der Waals surface area (Å²) in [4.78, 5) is 1.05. The van der Waals surface area contributed by atoms with Gasteiger partial charge in [-0.2, -0.15) is 0 Å². The molecule has 0 fully saturated rings. The van der Waals surface area contributed by atoms with Crippen LogP contribution in [-0.4, -0.2) is 21.0 Å². The first-order valence-electron chi connectivity index (χ1n) is 6.68. The average Bonchev–Trinajstić information content (AvgIpc) is 2.78. The van der Waals surface area contributed by atoms with Crippen LogP contribution in [0.5, 0.6) is 0 Å². The van der Waals surface area contributed by atoms with Crippen molar-refractivity contribution in [1.82, 2.24) is 10.0 Å². The van der Waals surface area contributed by atoms with E-state index < -0.39 is 10.0 Å². The smallest absolute Gasteiger partial charge is 0.250 e. The molecule has 1 atom stereocenters. The highest BCUT2D eigenvalue weighted by molar-refractivity contribution is 7.91. The number of thiophene rings is 1. The Bertz CT molecular complexity index is 481. The summed E-state index contributed by atoms with van der Waals surface area (Å²) < 4.78 is 27.4. The maximum Gasteiger partial charge on any atom is 0.250 e. The normalized spacial score (nSPS) is 13.9. The maximum atomic E-state index is 12.2. The van der Waals surface area contributed by atoms with Gasteiger partial charge in [0, 0.05) is 17.5 Å². The van der Waals surface area contributed by atoms with Crippen LogP contribution in [0.25, 0.3) is 0 Å². The molecule has 110 valence electrons. The van der Waals surface area contributed by atoms with Crippen molar-refractivity contribution in [3.05, 3.63) is 17.0 Å². The lowest BCUT2D eigenvalue weighted by Crippen LogP contribution is -2.35. The number of hydrogen-bond acceptors (Lipinski definition) is 4. The van der Waals surface area contributed by atoms with E-state index in [1.807, 2.05) is 26.8 Å². The van der Waals surface area contributed by atoms with Crippen molar-refractivity contribution in [2.75, 3.05) is 6.54 Å². The molecule has 0 aliphatic carbocycles. The van der Waals surface area contributed by atoms with Crippen LogP contribution in [0.3, 0.4) is 0 Å². The van der Waals surface area contributed by atoms with Gasteiger partial charge in [-0.3, -0.25) is 0 Å². The van der Waals surface area contributed by atoms with Gasteiger partial charge in [-0.25, -0.2) is 13.1 Å². The van der Waals surface area contributed by atoms with E-state index in [4.69, 9.17) is 0 Å². The number of sulfonamides is 1. The highest BCUT2D eigenvalue weighted by Gasteiger charge is 2.20. The summed E-state index contributed by atoms with van der Waals surface area (Å²) in [6.45, 7) is 9.67. The van der Waals surface area contributed by atoms with Crippen molar-refractivity contribution >= 4 is 21.4 Å². The molecule has 1 unspecified atom stereocenters. The first-order valence-corrected chi connectivity index (χ1v) is 8.98. The summed E-state index contributed by atoms with van der Waals surface area (Å²) in [5.74, 6) is 0.278. The predicted molar refractivity (Wildman–Crippen MR) is 80.9 cm³/mol. The molecular weight excluding hydrogens is 280 g/mol. The second kappa shape index (κ2) is 7.38. The minimum atomic E-state index is -3.37. The number of rotatable bonds is 8. The molecule has 2 N–H and O–H groups in total. The van der Waals surface area contributed by atoms with Gasteiger partial charge in [0.2, 0.25) is 10.0 Å². The van der Waals surface area contributed by atoms with Crippen molar-refractivity contribution in [3.63, 3.8) is 0 Å². The number of nitrogens with one attached hydrogen (secondary N) is 2. The summed E-state index contributed by atoms with van der Waals surface area (Å²) in [6, 6.07) is 3.50.